The van der Waals surface area contributed by atoms with E-state index >= 15 is 0 Å². The fourth-order valence-corrected chi connectivity index (χ4v) is 7.69. The van der Waals surface area contributed by atoms with E-state index in [1.165, 1.54) is 31.2 Å². The van der Waals surface area contributed by atoms with Gasteiger partial charge in [0.15, 0.2) is 0 Å². The van der Waals surface area contributed by atoms with Crippen LogP contribution in [0.1, 0.15) is 101 Å². The molecular weight excluding hydrogens is 741 g/mol. The molecule has 0 aromatic heterocycles. The number of halogens is 6. The Morgan fingerprint density at radius 3 is 1.17 bits per heavy atom. The maximum atomic E-state index is 11.6. The number of aliphatic carboxylic acids is 1. The summed E-state index contributed by atoms with van der Waals surface area (Å²) in [5.74, 6) is -0.706. The highest BCUT2D eigenvalue weighted by atomic mass is 36.0. The zero-order chi connectivity index (χ0) is 34.7. The molecule has 0 atom stereocenters. The number of benzene rings is 3. The molecule has 3 aromatic rings. The van der Waals surface area contributed by atoms with E-state index in [0.29, 0.717) is 15.5 Å². The summed E-state index contributed by atoms with van der Waals surface area (Å²) in [4.78, 5) is 23.0. The zero-order valence-electron chi connectivity index (χ0n) is 26.3. The van der Waals surface area contributed by atoms with Crippen molar-refractivity contribution in [2.75, 3.05) is 0 Å². The van der Waals surface area contributed by atoms with Gasteiger partial charge in [-0.1, -0.05) is 117 Å². The van der Waals surface area contributed by atoms with Crippen molar-refractivity contribution in [3.05, 3.63) is 105 Å². The van der Waals surface area contributed by atoms with Gasteiger partial charge >= 0.3 is 5.97 Å². The van der Waals surface area contributed by atoms with Crippen molar-refractivity contribution in [3.8, 4) is 0 Å². The Hall–Kier alpha value is -1.31. The highest BCUT2D eigenvalue weighted by Crippen LogP contribution is 2.44. The van der Waals surface area contributed by atoms with Crippen molar-refractivity contribution in [3.63, 3.8) is 0 Å². The van der Waals surface area contributed by atoms with E-state index < -0.39 is 26.0 Å². The van der Waals surface area contributed by atoms with Crippen molar-refractivity contribution < 1.29 is 18.9 Å². The lowest BCUT2D eigenvalue weighted by atomic mass is 9.79. The Balaban J connectivity index is 0.000000181. The van der Waals surface area contributed by atoms with Gasteiger partial charge in [0.1, 0.15) is 0 Å². The van der Waals surface area contributed by atoms with Crippen LogP contribution in [0.15, 0.2) is 72.8 Å². The second-order valence-electron chi connectivity index (χ2n) is 12.6. The van der Waals surface area contributed by atoms with Crippen LogP contribution in [0.25, 0.3) is 0 Å². The number of carboxylic acids is 1. The molecule has 6 rings (SSSR count). The summed E-state index contributed by atoms with van der Waals surface area (Å²) in [6, 6.07) is 23.0. The number of carbonyl (C=O) groups is 2. The van der Waals surface area contributed by atoms with Gasteiger partial charge in [-0.15, -0.1) is 0 Å². The first-order valence-electron chi connectivity index (χ1n) is 15.7. The molecule has 0 saturated heterocycles. The molecule has 256 valence electrons. The van der Waals surface area contributed by atoms with Crippen molar-refractivity contribution in [2.45, 2.75) is 100 Å². The van der Waals surface area contributed by atoms with E-state index in [2.05, 4.69) is 40.4 Å². The minimum atomic E-state index is -1.67. The van der Waals surface area contributed by atoms with Gasteiger partial charge in [-0.3, -0.25) is 9.59 Å². The van der Waals surface area contributed by atoms with Gasteiger partial charge in [0.05, 0.1) is 10.8 Å². The summed E-state index contributed by atoms with van der Waals surface area (Å²) < 4.78 is 9.09. The molecule has 3 aromatic carbocycles. The van der Waals surface area contributed by atoms with E-state index in [1.807, 2.05) is 48.5 Å². The molecule has 3 fully saturated rings. The Kier molecular flexibility index (Phi) is 15.9. The predicted molar refractivity (Wildman–Crippen MR) is 199 cm³/mol. The number of rotatable bonds is 5. The van der Waals surface area contributed by atoms with E-state index in [4.69, 9.17) is 50.6 Å². The SMILES string of the molecule is CC1(c2ccc(Cl)cc2)CCCC1.O=C(Cl)C1(c2ccc(Cl)cc2)CCCC1.O=C(O)C1(c2ccc(Cl)cc2)CCCC1.O=S(Cl)Cl. The standard InChI is InChI=1S/C12H12Cl2O.C12H13ClO2.C12H15Cl.Cl2OS/c2*13-10-5-3-9(4-6-10)12(11(14)15)7-1-2-8-12;1-12(8-2-3-9-12)10-4-6-11(13)7-5-10;1-4(2)3/h3-6H,1-2,7-8H2;3-6H,1-2,7-8H2,(H,14,15);4-7H,2-3,8-9H2,1H3;. The van der Waals surface area contributed by atoms with Gasteiger partial charge in [0.25, 0.3) is 0 Å². The quantitative estimate of drug-likeness (QED) is 0.262. The third kappa shape index (κ3) is 11.1. The van der Waals surface area contributed by atoms with E-state index in [0.717, 1.165) is 67.5 Å². The Morgan fingerprint density at radius 2 is 0.851 bits per heavy atom. The Labute approximate surface area is 309 Å². The monoisotopic (exact) mass is 778 g/mol. The van der Waals surface area contributed by atoms with Crippen LogP contribution < -0.4 is 0 Å². The van der Waals surface area contributed by atoms with E-state index in [-0.39, 0.29) is 5.24 Å². The van der Waals surface area contributed by atoms with Gasteiger partial charge in [-0.25, -0.2) is 4.21 Å². The van der Waals surface area contributed by atoms with Crippen molar-refractivity contribution in [1.29, 1.82) is 0 Å². The zero-order valence-corrected chi connectivity index (χ0v) is 31.6. The molecule has 0 unspecified atom stereocenters. The van der Waals surface area contributed by atoms with Crippen molar-refractivity contribution in [1.82, 2.24) is 0 Å². The molecular formula is C36H40Cl6O4S. The Bertz CT molecular complexity index is 1380. The highest BCUT2D eigenvalue weighted by Gasteiger charge is 2.43. The maximum Gasteiger partial charge on any atom is 0.314 e. The van der Waals surface area contributed by atoms with Crippen LogP contribution in [0, 0.1) is 0 Å². The van der Waals surface area contributed by atoms with E-state index in [1.54, 1.807) is 12.1 Å². The minimum Gasteiger partial charge on any atom is -0.481 e. The average Bonchev–Trinajstić information content (AvgIpc) is 3.81. The molecule has 0 heterocycles. The third-order valence-corrected chi connectivity index (χ3v) is 10.9. The summed E-state index contributed by atoms with van der Waals surface area (Å²) in [6.45, 7) is 2.36. The van der Waals surface area contributed by atoms with Crippen molar-refractivity contribution >= 4 is 88.2 Å². The summed E-state index contributed by atoms with van der Waals surface area (Å²) >= 11 is 23.2. The molecule has 3 aliphatic carbocycles. The molecule has 47 heavy (non-hydrogen) atoms. The molecule has 0 bridgehead atoms. The second-order valence-corrected chi connectivity index (χ2v) is 16.8. The topological polar surface area (TPSA) is 71.4 Å². The first-order chi connectivity index (χ1) is 22.2. The van der Waals surface area contributed by atoms with Crippen LogP contribution in [0.3, 0.4) is 0 Å². The first kappa shape index (κ1) is 40.1. The second kappa shape index (κ2) is 18.6. The molecule has 1 N–H and O–H groups in total. The van der Waals surface area contributed by atoms with Crippen LogP contribution in [-0.2, 0) is 35.1 Å². The summed E-state index contributed by atoms with van der Waals surface area (Å²) in [6.07, 6.45) is 12.7. The maximum absolute atomic E-state index is 11.6. The van der Waals surface area contributed by atoms with Crippen LogP contribution in [0.5, 0.6) is 0 Å². The number of carbonyl (C=O) groups excluding carboxylic acids is 1. The van der Waals surface area contributed by atoms with Crippen LogP contribution in [-0.4, -0.2) is 20.5 Å². The molecule has 0 aliphatic heterocycles. The first-order valence-corrected chi connectivity index (χ1v) is 20.0. The Morgan fingerprint density at radius 1 is 0.574 bits per heavy atom. The normalized spacial score (nSPS) is 18.6. The number of carboxylic acid groups (broad SMARTS) is 1. The van der Waals surface area contributed by atoms with Crippen molar-refractivity contribution in [2.24, 2.45) is 0 Å². The highest BCUT2D eigenvalue weighted by molar-refractivity contribution is 8.26. The lowest BCUT2D eigenvalue weighted by molar-refractivity contribution is -0.143. The number of hydrogen-bond acceptors (Lipinski definition) is 3. The molecule has 11 heteroatoms. The van der Waals surface area contributed by atoms with Crippen LogP contribution in [0.2, 0.25) is 15.1 Å². The summed E-state index contributed by atoms with van der Waals surface area (Å²) in [7, 11) is 7.36. The van der Waals surface area contributed by atoms with Gasteiger partial charge in [0, 0.05) is 36.4 Å². The summed E-state index contributed by atoms with van der Waals surface area (Å²) in [5, 5.41) is 11.3. The fourth-order valence-electron chi connectivity index (χ4n) is 7.02. The smallest absolute Gasteiger partial charge is 0.314 e. The van der Waals surface area contributed by atoms with Gasteiger partial charge in [0.2, 0.25) is 14.5 Å². The number of hydrogen-bond donors (Lipinski definition) is 1. The molecule has 0 amide bonds. The molecule has 0 radical (unpaired) electrons. The van der Waals surface area contributed by atoms with Gasteiger partial charge in [-0.2, -0.15) is 0 Å². The van der Waals surface area contributed by atoms with Gasteiger partial charge < -0.3 is 5.11 Å². The average molecular weight is 781 g/mol. The molecule has 0 spiro atoms. The largest absolute Gasteiger partial charge is 0.481 e. The van der Waals surface area contributed by atoms with Crippen LogP contribution in [0.4, 0.5) is 0 Å². The molecule has 3 aliphatic rings. The molecule has 3 saturated carbocycles. The van der Waals surface area contributed by atoms with Crippen LogP contribution >= 0.6 is 67.8 Å². The lowest BCUT2D eigenvalue weighted by Crippen LogP contribution is -2.32. The van der Waals surface area contributed by atoms with Gasteiger partial charge in [-0.05, 0) is 109 Å². The third-order valence-electron chi connectivity index (χ3n) is 9.74. The predicted octanol–water partition coefficient (Wildman–Crippen LogP) is 12.4. The fraction of sp³-hybridized carbons (Fsp3) is 0.444. The lowest BCUT2D eigenvalue weighted by Gasteiger charge is -2.24. The summed E-state index contributed by atoms with van der Waals surface area (Å²) in [5.41, 5.74) is 2.65. The minimum absolute atomic E-state index is 0.234. The van der Waals surface area contributed by atoms with E-state index in [9.17, 15) is 14.7 Å². The molecule has 4 nitrogen and oxygen atoms in total.